The van der Waals surface area contributed by atoms with Crippen LogP contribution in [-0.4, -0.2) is 27.8 Å². The Morgan fingerprint density at radius 1 is 1.03 bits per heavy atom. The highest BCUT2D eigenvalue weighted by Crippen LogP contribution is 2.35. The molecule has 0 radical (unpaired) electrons. The number of carboxylic acids is 1. The lowest BCUT2D eigenvalue weighted by molar-refractivity contribution is -0.136. The number of aromatic nitrogens is 1. The van der Waals surface area contributed by atoms with Crippen molar-refractivity contribution in [2.45, 2.75) is 81.0 Å². The second kappa shape index (κ2) is 15.5. The van der Waals surface area contributed by atoms with Crippen molar-refractivity contribution in [1.82, 2.24) is 4.98 Å². The van der Waals surface area contributed by atoms with E-state index in [1.807, 2.05) is 12.1 Å². The molecule has 1 unspecified atom stereocenters. The lowest BCUT2D eigenvalue weighted by Crippen LogP contribution is -2.08. The van der Waals surface area contributed by atoms with Gasteiger partial charge in [0.1, 0.15) is 15.2 Å². The number of carbonyl (C=O) groups is 1. The third-order valence-electron chi connectivity index (χ3n) is 5.50. The predicted molar refractivity (Wildman–Crippen MR) is 139 cm³/mol. The van der Waals surface area contributed by atoms with Crippen LogP contribution in [0.3, 0.4) is 0 Å². The molecule has 2 N–H and O–H groups in total. The van der Waals surface area contributed by atoms with Crippen LogP contribution in [0.1, 0.15) is 90.6 Å². The van der Waals surface area contributed by atoms with Gasteiger partial charge in [0.25, 0.3) is 0 Å². The molecular formula is C26H35Br2NO4. The molecule has 0 amide bonds. The molecule has 0 spiro atoms. The summed E-state index contributed by atoms with van der Waals surface area (Å²) in [5.74, 6) is -0.158. The van der Waals surface area contributed by atoms with E-state index in [-0.39, 0.29) is 10.2 Å². The fourth-order valence-electron chi connectivity index (χ4n) is 3.72. The molecule has 1 heterocycles. The van der Waals surface area contributed by atoms with Gasteiger partial charge in [-0.1, -0.05) is 108 Å². The van der Waals surface area contributed by atoms with E-state index in [2.05, 4.69) is 38.8 Å². The first-order valence-corrected chi connectivity index (χ1v) is 13.6. The van der Waals surface area contributed by atoms with Crippen LogP contribution >= 0.6 is 31.9 Å². The van der Waals surface area contributed by atoms with Crippen molar-refractivity contribution in [3.8, 4) is 5.75 Å². The Labute approximate surface area is 214 Å². The number of halogens is 2. The highest BCUT2D eigenvalue weighted by atomic mass is 79.9. The maximum Gasteiger partial charge on any atom is 0.307 e. The number of ether oxygens (including phenoxy) is 1. The molecule has 1 aromatic carbocycles. The largest absolute Gasteiger partial charge is 0.492 e. The van der Waals surface area contributed by atoms with Crippen LogP contribution in [0.25, 0.3) is 0 Å². The van der Waals surface area contributed by atoms with Crippen LogP contribution in [0.4, 0.5) is 0 Å². The normalized spacial score (nSPS) is 12.2. The molecule has 0 aliphatic heterocycles. The zero-order valence-electron chi connectivity index (χ0n) is 19.3. The maximum absolute atomic E-state index is 11.0. The Balaban J connectivity index is 1.89. The van der Waals surface area contributed by atoms with Crippen molar-refractivity contribution < 1.29 is 19.7 Å². The van der Waals surface area contributed by atoms with E-state index in [0.29, 0.717) is 24.2 Å². The van der Waals surface area contributed by atoms with E-state index < -0.39 is 12.1 Å². The van der Waals surface area contributed by atoms with Gasteiger partial charge in [0.05, 0.1) is 19.1 Å². The third kappa shape index (κ3) is 10.6. The predicted octanol–water partition coefficient (Wildman–Crippen LogP) is 7.29. The smallest absolute Gasteiger partial charge is 0.307 e. The van der Waals surface area contributed by atoms with Crippen molar-refractivity contribution >= 4 is 37.8 Å². The van der Waals surface area contributed by atoms with Gasteiger partial charge in [-0.2, -0.15) is 0 Å². The summed E-state index contributed by atoms with van der Waals surface area (Å²) in [7, 11) is 0. The van der Waals surface area contributed by atoms with Gasteiger partial charge in [0.2, 0.25) is 0 Å². The molecule has 7 heteroatoms. The lowest BCUT2D eigenvalue weighted by Gasteiger charge is -2.16. The Morgan fingerprint density at radius 2 is 1.73 bits per heavy atom. The summed E-state index contributed by atoms with van der Waals surface area (Å²) in [5.41, 5.74) is 2.84. The first-order chi connectivity index (χ1) is 15.9. The van der Waals surface area contributed by atoms with Gasteiger partial charge >= 0.3 is 5.97 Å². The van der Waals surface area contributed by atoms with Gasteiger partial charge in [0.15, 0.2) is 0 Å². The first-order valence-electron chi connectivity index (χ1n) is 11.8. The molecule has 0 bridgehead atoms. The van der Waals surface area contributed by atoms with Gasteiger partial charge in [0, 0.05) is 12.1 Å². The number of aliphatic hydroxyl groups is 1. The zero-order valence-corrected chi connectivity index (χ0v) is 22.5. The minimum absolute atomic E-state index is 0.0668. The Bertz CT molecular complexity index is 860. The van der Waals surface area contributed by atoms with Crippen LogP contribution < -0.4 is 4.74 Å². The number of hydrogen-bond acceptors (Lipinski definition) is 4. The molecule has 182 valence electrons. The van der Waals surface area contributed by atoms with E-state index in [1.54, 1.807) is 24.3 Å². The summed E-state index contributed by atoms with van der Waals surface area (Å²) in [4.78, 5) is 15.6. The van der Waals surface area contributed by atoms with E-state index in [4.69, 9.17) is 14.8 Å². The van der Waals surface area contributed by atoms with Crippen molar-refractivity contribution in [3.63, 3.8) is 0 Å². The summed E-state index contributed by atoms with van der Waals surface area (Å²) < 4.78 is 5.84. The summed E-state index contributed by atoms with van der Waals surface area (Å²) in [6, 6.07) is 10.8. The van der Waals surface area contributed by atoms with Gasteiger partial charge in [-0.3, -0.25) is 9.78 Å². The van der Waals surface area contributed by atoms with Crippen LogP contribution in [-0.2, 0) is 17.6 Å². The zero-order chi connectivity index (χ0) is 24.1. The van der Waals surface area contributed by atoms with Crippen LogP contribution in [0.5, 0.6) is 5.75 Å². The summed E-state index contributed by atoms with van der Waals surface area (Å²) >= 11 is 7.06. The molecular weight excluding hydrogens is 550 g/mol. The van der Waals surface area contributed by atoms with Crippen molar-refractivity contribution in [2.24, 2.45) is 0 Å². The number of rotatable bonds is 16. The summed E-state index contributed by atoms with van der Waals surface area (Å²) in [5, 5.41) is 19.7. The molecule has 0 saturated carbocycles. The molecule has 5 nitrogen and oxygen atoms in total. The second-order valence-corrected chi connectivity index (χ2v) is 11.4. The number of carboxylic acid groups (broad SMARTS) is 1. The molecule has 0 aliphatic carbocycles. The number of aliphatic carboxylic acids is 1. The van der Waals surface area contributed by atoms with E-state index in [1.165, 1.54) is 44.9 Å². The van der Waals surface area contributed by atoms with Crippen LogP contribution in [0.2, 0.25) is 0 Å². The number of benzene rings is 1. The summed E-state index contributed by atoms with van der Waals surface area (Å²) in [6.45, 7) is 2.90. The highest BCUT2D eigenvalue weighted by Gasteiger charge is 2.16. The molecule has 2 aromatic rings. The highest BCUT2D eigenvalue weighted by molar-refractivity contribution is 9.24. The van der Waals surface area contributed by atoms with Gasteiger partial charge in [-0.25, -0.2) is 0 Å². The van der Waals surface area contributed by atoms with Gasteiger partial charge in [-0.05, 0) is 29.7 Å². The Morgan fingerprint density at radius 3 is 2.39 bits per heavy atom. The van der Waals surface area contributed by atoms with Crippen molar-refractivity contribution in [1.29, 1.82) is 0 Å². The summed E-state index contributed by atoms with van der Waals surface area (Å²) in [6.07, 6.45) is 9.53. The molecule has 1 atom stereocenters. The van der Waals surface area contributed by atoms with Crippen LogP contribution in [0.15, 0.2) is 36.4 Å². The SMILES string of the molecule is CCCCCCCCCCOc1ccc(CC(O)c2cccc(CC(=O)O)c2)nc1C(Br)Br. The average Bonchev–Trinajstić information content (AvgIpc) is 2.78. The number of nitrogens with zero attached hydrogens (tertiary/aromatic N) is 1. The molecule has 0 fully saturated rings. The number of unbranched alkanes of at least 4 members (excludes halogenated alkanes) is 7. The first kappa shape index (κ1) is 27.8. The number of hydrogen-bond donors (Lipinski definition) is 2. The van der Waals surface area contributed by atoms with E-state index in [0.717, 1.165) is 23.6 Å². The monoisotopic (exact) mass is 583 g/mol. The van der Waals surface area contributed by atoms with Crippen molar-refractivity contribution in [3.05, 3.63) is 58.9 Å². The molecule has 33 heavy (non-hydrogen) atoms. The molecule has 0 saturated heterocycles. The molecule has 1 aromatic heterocycles. The number of aliphatic hydroxyl groups excluding tert-OH is 1. The number of pyridine rings is 1. The van der Waals surface area contributed by atoms with Crippen molar-refractivity contribution in [2.75, 3.05) is 6.61 Å². The topological polar surface area (TPSA) is 79.7 Å². The quantitative estimate of drug-likeness (QED) is 0.160. The Hall–Kier alpha value is -1.44. The van der Waals surface area contributed by atoms with Gasteiger partial charge < -0.3 is 14.9 Å². The molecule has 2 rings (SSSR count). The minimum atomic E-state index is -0.892. The lowest BCUT2D eigenvalue weighted by atomic mass is 10.0. The van der Waals surface area contributed by atoms with Crippen LogP contribution in [0, 0.1) is 0 Å². The van der Waals surface area contributed by atoms with E-state index in [9.17, 15) is 9.90 Å². The van der Waals surface area contributed by atoms with Gasteiger partial charge in [-0.15, -0.1) is 0 Å². The minimum Gasteiger partial charge on any atom is -0.492 e. The molecule has 0 aliphatic rings. The second-order valence-electron chi connectivity index (χ2n) is 8.35. The Kier molecular flexibility index (Phi) is 13.0. The number of alkyl halides is 2. The standard InChI is InChI=1S/C26H35Br2NO4/c1-2-3-4-5-6-7-8-9-15-33-23-14-13-21(29-25(23)26(27)28)18-22(30)20-12-10-11-19(16-20)17-24(31)32/h10-14,16,22,26,30H,2-9,15,17-18H2,1H3,(H,31,32). The fourth-order valence-corrected chi connectivity index (χ4v) is 4.37. The fraction of sp³-hybridized carbons (Fsp3) is 0.538. The average molecular weight is 585 g/mol. The third-order valence-corrected chi connectivity index (χ3v) is 6.37. The van der Waals surface area contributed by atoms with E-state index >= 15 is 0 Å². The maximum atomic E-state index is 11.0.